The summed E-state index contributed by atoms with van der Waals surface area (Å²) in [4.78, 5) is 4.66. The highest BCUT2D eigenvalue weighted by atomic mass is 16.6. The van der Waals surface area contributed by atoms with Gasteiger partial charge in [0, 0.05) is 5.56 Å². The molecule has 2 N–H and O–H groups in total. The van der Waals surface area contributed by atoms with Crippen LogP contribution in [0.3, 0.4) is 0 Å². The lowest BCUT2D eigenvalue weighted by Gasteiger charge is -2.06. The van der Waals surface area contributed by atoms with Crippen LogP contribution in [0.1, 0.15) is 30.0 Å². The molecular formula is C7H12N2O2. The molecule has 4 heteroatoms. The highest BCUT2D eigenvalue weighted by Crippen LogP contribution is 2.22. The van der Waals surface area contributed by atoms with E-state index in [1.165, 1.54) is 0 Å². The predicted octanol–water partition coefficient (Wildman–Crippen LogP) is 1.24. The molecule has 0 spiro atoms. The van der Waals surface area contributed by atoms with E-state index in [0.29, 0.717) is 0 Å². The second-order valence-corrected chi connectivity index (χ2v) is 2.52. The summed E-state index contributed by atoms with van der Waals surface area (Å²) in [5, 5.41) is 3.77. The second-order valence-electron chi connectivity index (χ2n) is 2.52. The minimum Gasteiger partial charge on any atom is -0.361 e. The van der Waals surface area contributed by atoms with Gasteiger partial charge in [0.2, 0.25) is 0 Å². The van der Waals surface area contributed by atoms with Crippen LogP contribution in [0.4, 0.5) is 0 Å². The van der Waals surface area contributed by atoms with Crippen molar-refractivity contribution in [2.24, 2.45) is 5.90 Å². The zero-order valence-electron chi connectivity index (χ0n) is 6.92. The van der Waals surface area contributed by atoms with Gasteiger partial charge in [-0.05, 0) is 20.8 Å². The molecule has 0 aliphatic rings. The van der Waals surface area contributed by atoms with Crippen LogP contribution in [-0.4, -0.2) is 5.16 Å². The Labute approximate surface area is 65.3 Å². The maximum atomic E-state index is 5.03. The Balaban J connectivity index is 3.00. The number of hydrogen-bond acceptors (Lipinski definition) is 4. The molecule has 11 heavy (non-hydrogen) atoms. The van der Waals surface area contributed by atoms with Crippen LogP contribution in [0.2, 0.25) is 0 Å². The van der Waals surface area contributed by atoms with Crippen molar-refractivity contribution in [2.45, 2.75) is 26.9 Å². The first kappa shape index (κ1) is 8.23. The lowest BCUT2D eigenvalue weighted by molar-refractivity contribution is 0.0650. The van der Waals surface area contributed by atoms with Crippen LogP contribution < -0.4 is 5.90 Å². The SMILES string of the molecule is Cc1noc(C)c1C(C)ON. The second kappa shape index (κ2) is 3.02. The molecule has 0 aliphatic heterocycles. The van der Waals surface area contributed by atoms with Crippen LogP contribution in [0.5, 0.6) is 0 Å². The van der Waals surface area contributed by atoms with Crippen molar-refractivity contribution in [3.8, 4) is 0 Å². The normalized spacial score (nSPS) is 13.5. The molecule has 0 aliphatic carbocycles. The molecule has 0 fully saturated rings. The maximum absolute atomic E-state index is 5.03. The summed E-state index contributed by atoms with van der Waals surface area (Å²) >= 11 is 0. The Morgan fingerprint density at radius 3 is 2.55 bits per heavy atom. The Bertz CT molecular complexity index is 225. The van der Waals surface area contributed by atoms with Gasteiger partial charge in [0.25, 0.3) is 0 Å². The molecule has 0 aromatic carbocycles. The fourth-order valence-electron chi connectivity index (χ4n) is 1.14. The Morgan fingerprint density at radius 1 is 1.55 bits per heavy atom. The topological polar surface area (TPSA) is 61.3 Å². The Hall–Kier alpha value is -0.870. The highest BCUT2D eigenvalue weighted by Gasteiger charge is 2.15. The average Bonchev–Trinajstić information content (AvgIpc) is 2.30. The molecular weight excluding hydrogens is 144 g/mol. The number of aryl methyl sites for hydroxylation is 2. The van der Waals surface area contributed by atoms with Crippen molar-refractivity contribution in [1.82, 2.24) is 5.16 Å². The van der Waals surface area contributed by atoms with Gasteiger partial charge < -0.3 is 4.52 Å². The van der Waals surface area contributed by atoms with Crippen molar-refractivity contribution in [2.75, 3.05) is 0 Å². The van der Waals surface area contributed by atoms with Gasteiger partial charge in [-0.15, -0.1) is 0 Å². The molecule has 1 unspecified atom stereocenters. The molecule has 62 valence electrons. The molecule has 1 atom stereocenters. The Kier molecular flexibility index (Phi) is 2.26. The van der Waals surface area contributed by atoms with Crippen LogP contribution in [0.15, 0.2) is 4.52 Å². The van der Waals surface area contributed by atoms with E-state index < -0.39 is 0 Å². The van der Waals surface area contributed by atoms with Gasteiger partial charge in [-0.1, -0.05) is 5.16 Å². The summed E-state index contributed by atoms with van der Waals surface area (Å²) in [5.41, 5.74) is 1.77. The summed E-state index contributed by atoms with van der Waals surface area (Å²) < 4.78 is 4.93. The summed E-state index contributed by atoms with van der Waals surface area (Å²) in [6.45, 7) is 5.55. The van der Waals surface area contributed by atoms with Gasteiger partial charge >= 0.3 is 0 Å². The molecule has 1 aromatic heterocycles. The predicted molar refractivity (Wildman–Crippen MR) is 39.7 cm³/mol. The first-order valence-corrected chi connectivity index (χ1v) is 3.45. The Morgan fingerprint density at radius 2 is 2.18 bits per heavy atom. The van der Waals surface area contributed by atoms with Crippen LogP contribution in [-0.2, 0) is 4.84 Å². The van der Waals surface area contributed by atoms with E-state index in [1.807, 2.05) is 20.8 Å². The fraction of sp³-hybridized carbons (Fsp3) is 0.571. The lowest BCUT2D eigenvalue weighted by atomic mass is 10.1. The van der Waals surface area contributed by atoms with Gasteiger partial charge in [0.15, 0.2) is 0 Å². The highest BCUT2D eigenvalue weighted by molar-refractivity contribution is 5.22. The molecule has 4 nitrogen and oxygen atoms in total. The minimum atomic E-state index is -0.152. The molecule has 0 bridgehead atoms. The van der Waals surface area contributed by atoms with Crippen LogP contribution in [0, 0.1) is 13.8 Å². The quantitative estimate of drug-likeness (QED) is 0.654. The largest absolute Gasteiger partial charge is 0.361 e. The molecule has 0 radical (unpaired) electrons. The first-order chi connectivity index (χ1) is 5.16. The van der Waals surface area contributed by atoms with Crippen LogP contribution >= 0.6 is 0 Å². The molecule has 1 rings (SSSR count). The van der Waals surface area contributed by atoms with Crippen molar-refractivity contribution in [3.63, 3.8) is 0 Å². The van der Waals surface area contributed by atoms with Gasteiger partial charge in [-0.2, -0.15) is 0 Å². The van der Waals surface area contributed by atoms with E-state index in [2.05, 4.69) is 9.99 Å². The maximum Gasteiger partial charge on any atom is 0.139 e. The summed E-state index contributed by atoms with van der Waals surface area (Å²) in [5.74, 6) is 5.80. The fourth-order valence-corrected chi connectivity index (χ4v) is 1.14. The van der Waals surface area contributed by atoms with Crippen molar-refractivity contribution >= 4 is 0 Å². The minimum absolute atomic E-state index is 0.152. The monoisotopic (exact) mass is 156 g/mol. The summed E-state index contributed by atoms with van der Waals surface area (Å²) in [6, 6.07) is 0. The number of nitrogens with two attached hydrogens (primary N) is 1. The van der Waals surface area contributed by atoms with E-state index in [0.717, 1.165) is 17.0 Å². The van der Waals surface area contributed by atoms with Crippen molar-refractivity contribution in [1.29, 1.82) is 0 Å². The zero-order chi connectivity index (χ0) is 8.43. The van der Waals surface area contributed by atoms with E-state index in [9.17, 15) is 0 Å². The van der Waals surface area contributed by atoms with Gasteiger partial charge in [0.1, 0.15) is 11.9 Å². The number of rotatable bonds is 2. The summed E-state index contributed by atoms with van der Waals surface area (Å²) in [6.07, 6.45) is -0.152. The van der Waals surface area contributed by atoms with Crippen molar-refractivity contribution < 1.29 is 9.36 Å². The van der Waals surface area contributed by atoms with E-state index in [4.69, 9.17) is 10.4 Å². The third-order valence-corrected chi connectivity index (χ3v) is 1.70. The lowest BCUT2D eigenvalue weighted by Crippen LogP contribution is -2.06. The zero-order valence-corrected chi connectivity index (χ0v) is 6.92. The molecule has 0 saturated carbocycles. The van der Waals surface area contributed by atoms with Gasteiger partial charge in [0.05, 0.1) is 5.69 Å². The summed E-state index contributed by atoms with van der Waals surface area (Å²) in [7, 11) is 0. The third-order valence-electron chi connectivity index (χ3n) is 1.70. The molecule has 1 heterocycles. The van der Waals surface area contributed by atoms with Crippen LogP contribution in [0.25, 0.3) is 0 Å². The van der Waals surface area contributed by atoms with E-state index in [-0.39, 0.29) is 6.10 Å². The van der Waals surface area contributed by atoms with Gasteiger partial charge in [-0.25, -0.2) is 5.90 Å². The number of aromatic nitrogens is 1. The van der Waals surface area contributed by atoms with E-state index in [1.54, 1.807) is 0 Å². The molecule has 0 amide bonds. The third kappa shape index (κ3) is 1.41. The number of nitrogens with zero attached hydrogens (tertiary/aromatic N) is 1. The standard InChI is InChI=1S/C7H12N2O2/c1-4-7(5(2)10-8)6(3)11-9-4/h5H,8H2,1-3H3. The van der Waals surface area contributed by atoms with Gasteiger partial charge in [-0.3, -0.25) is 4.84 Å². The molecule has 0 saturated heterocycles. The molecule has 1 aromatic rings. The number of hydrogen-bond donors (Lipinski definition) is 1. The first-order valence-electron chi connectivity index (χ1n) is 3.45. The van der Waals surface area contributed by atoms with E-state index >= 15 is 0 Å². The average molecular weight is 156 g/mol. The van der Waals surface area contributed by atoms with Crippen molar-refractivity contribution in [3.05, 3.63) is 17.0 Å². The smallest absolute Gasteiger partial charge is 0.139 e.